The molecule has 9 heteroatoms. The summed E-state index contributed by atoms with van der Waals surface area (Å²) in [5, 5.41) is 0.688. The lowest BCUT2D eigenvalue weighted by Gasteiger charge is -2.14. The van der Waals surface area contributed by atoms with Crippen LogP contribution in [0.15, 0.2) is 40.9 Å². The molecular formula is C19H19BrCl2N2O4. The molecule has 2 aromatic carbocycles. The number of hydrogen-bond acceptors (Lipinski definition) is 4. The van der Waals surface area contributed by atoms with Crippen LogP contribution in [-0.2, 0) is 9.59 Å². The fourth-order valence-corrected chi connectivity index (χ4v) is 3.62. The molecule has 0 atom stereocenters. The molecule has 0 bridgehead atoms. The van der Waals surface area contributed by atoms with Gasteiger partial charge in [0.25, 0.3) is 11.8 Å². The first-order valence-electron chi connectivity index (χ1n) is 8.34. The first-order chi connectivity index (χ1) is 13.3. The summed E-state index contributed by atoms with van der Waals surface area (Å²) in [6.45, 7) is 3.48. The number of benzene rings is 2. The van der Waals surface area contributed by atoms with Crippen LogP contribution in [0.4, 0.5) is 0 Å². The van der Waals surface area contributed by atoms with Crippen molar-refractivity contribution in [3.8, 4) is 11.5 Å². The molecule has 2 rings (SSSR count). The fourth-order valence-electron chi connectivity index (χ4n) is 2.25. The monoisotopic (exact) mass is 488 g/mol. The molecule has 0 aliphatic carbocycles. The Labute approximate surface area is 181 Å². The first kappa shape index (κ1) is 22.3. The van der Waals surface area contributed by atoms with Crippen molar-refractivity contribution in [1.82, 2.24) is 10.9 Å². The summed E-state index contributed by atoms with van der Waals surface area (Å²) < 4.78 is 11.4. The SMILES string of the molecule is CC(C)c1ccccc1OCC(=O)NNC(=O)COc1c(Cl)cc(Cl)cc1Br. The van der Waals surface area contributed by atoms with Crippen LogP contribution in [0.3, 0.4) is 0 Å². The first-order valence-corrected chi connectivity index (χ1v) is 9.89. The normalized spacial score (nSPS) is 10.5. The molecule has 0 unspecified atom stereocenters. The van der Waals surface area contributed by atoms with E-state index in [0.717, 1.165) is 5.56 Å². The average Bonchev–Trinajstić information content (AvgIpc) is 2.63. The van der Waals surface area contributed by atoms with Gasteiger partial charge in [0, 0.05) is 5.02 Å². The standard InChI is InChI=1S/C19H19BrCl2N2O4/c1-11(2)13-5-3-4-6-16(13)27-9-17(25)23-24-18(26)10-28-19-14(20)7-12(21)8-15(19)22/h3-8,11H,9-10H2,1-2H3,(H,23,25)(H,24,26). The number of nitrogens with one attached hydrogen (secondary N) is 2. The van der Waals surface area contributed by atoms with Crippen LogP contribution >= 0.6 is 39.1 Å². The van der Waals surface area contributed by atoms with E-state index in [-0.39, 0.29) is 29.9 Å². The summed E-state index contributed by atoms with van der Waals surface area (Å²) in [7, 11) is 0. The van der Waals surface area contributed by atoms with Gasteiger partial charge in [-0.25, -0.2) is 0 Å². The molecule has 28 heavy (non-hydrogen) atoms. The van der Waals surface area contributed by atoms with Crippen molar-refractivity contribution >= 4 is 50.9 Å². The Balaban J connectivity index is 1.78. The Morgan fingerprint density at radius 3 is 2.25 bits per heavy atom. The van der Waals surface area contributed by atoms with E-state index in [9.17, 15) is 9.59 Å². The van der Waals surface area contributed by atoms with Crippen molar-refractivity contribution in [3.05, 3.63) is 56.5 Å². The largest absolute Gasteiger partial charge is 0.483 e. The van der Waals surface area contributed by atoms with Gasteiger partial charge in [0.15, 0.2) is 19.0 Å². The summed E-state index contributed by atoms with van der Waals surface area (Å²) in [4.78, 5) is 23.7. The summed E-state index contributed by atoms with van der Waals surface area (Å²) in [5.74, 6) is 0.104. The molecule has 0 aliphatic rings. The number of carbonyl (C=O) groups excluding carboxylic acids is 2. The van der Waals surface area contributed by atoms with Crippen LogP contribution in [-0.4, -0.2) is 25.0 Å². The molecule has 0 saturated carbocycles. The lowest BCUT2D eigenvalue weighted by Crippen LogP contribution is -2.45. The minimum atomic E-state index is -0.561. The van der Waals surface area contributed by atoms with Crippen LogP contribution in [0.25, 0.3) is 0 Å². The Bertz CT molecular complexity index is 839. The van der Waals surface area contributed by atoms with Crippen molar-refractivity contribution in [2.24, 2.45) is 0 Å². The van der Waals surface area contributed by atoms with Gasteiger partial charge in [-0.05, 0) is 45.6 Å². The molecule has 0 aliphatic heterocycles. The number of carbonyl (C=O) groups is 2. The summed E-state index contributed by atoms with van der Waals surface area (Å²) in [6.07, 6.45) is 0. The van der Waals surface area contributed by atoms with Crippen molar-refractivity contribution < 1.29 is 19.1 Å². The maximum absolute atomic E-state index is 11.9. The number of halogens is 3. The van der Waals surface area contributed by atoms with Gasteiger partial charge in [0.2, 0.25) is 0 Å². The van der Waals surface area contributed by atoms with E-state index in [2.05, 4.69) is 26.8 Å². The highest BCUT2D eigenvalue weighted by Crippen LogP contribution is 2.35. The van der Waals surface area contributed by atoms with Crippen molar-refractivity contribution in [1.29, 1.82) is 0 Å². The highest BCUT2D eigenvalue weighted by Gasteiger charge is 2.13. The third kappa shape index (κ3) is 6.58. The molecule has 0 saturated heterocycles. The predicted octanol–water partition coefficient (Wildman–Crippen LogP) is 4.48. The molecular weight excluding hydrogens is 471 g/mol. The second-order valence-corrected chi connectivity index (χ2v) is 7.76. The van der Waals surface area contributed by atoms with E-state index < -0.39 is 11.8 Å². The van der Waals surface area contributed by atoms with E-state index >= 15 is 0 Å². The molecule has 2 aromatic rings. The maximum Gasteiger partial charge on any atom is 0.276 e. The van der Waals surface area contributed by atoms with Crippen LogP contribution < -0.4 is 20.3 Å². The quantitative estimate of drug-likeness (QED) is 0.562. The zero-order valence-corrected chi connectivity index (χ0v) is 18.3. The van der Waals surface area contributed by atoms with Crippen LogP contribution in [0.2, 0.25) is 10.0 Å². The van der Waals surface area contributed by atoms with Gasteiger partial charge in [0.05, 0.1) is 9.50 Å². The van der Waals surface area contributed by atoms with E-state index in [1.165, 1.54) is 6.07 Å². The van der Waals surface area contributed by atoms with Crippen LogP contribution in [0, 0.1) is 0 Å². The molecule has 2 amide bonds. The molecule has 0 radical (unpaired) electrons. The number of amides is 2. The maximum atomic E-state index is 11.9. The van der Waals surface area contributed by atoms with E-state index in [0.29, 0.717) is 15.2 Å². The van der Waals surface area contributed by atoms with Crippen molar-refractivity contribution in [2.45, 2.75) is 19.8 Å². The summed E-state index contributed by atoms with van der Waals surface area (Å²) in [6, 6.07) is 10.6. The Morgan fingerprint density at radius 2 is 1.64 bits per heavy atom. The molecule has 2 N–H and O–H groups in total. The van der Waals surface area contributed by atoms with Crippen LogP contribution in [0.5, 0.6) is 11.5 Å². The Morgan fingerprint density at radius 1 is 1.04 bits per heavy atom. The second-order valence-electron chi connectivity index (χ2n) is 6.06. The molecule has 0 spiro atoms. The topological polar surface area (TPSA) is 76.7 Å². The summed E-state index contributed by atoms with van der Waals surface area (Å²) in [5.41, 5.74) is 5.51. The number of para-hydroxylation sites is 1. The Kier molecular flexibility index (Phi) is 8.41. The van der Waals surface area contributed by atoms with E-state index in [1.807, 2.05) is 32.0 Å². The number of hydrogen-bond donors (Lipinski definition) is 2. The van der Waals surface area contributed by atoms with E-state index in [1.54, 1.807) is 12.1 Å². The van der Waals surface area contributed by atoms with Gasteiger partial charge in [-0.1, -0.05) is 55.2 Å². The van der Waals surface area contributed by atoms with Gasteiger partial charge in [-0.2, -0.15) is 0 Å². The zero-order valence-electron chi connectivity index (χ0n) is 15.2. The van der Waals surface area contributed by atoms with Crippen molar-refractivity contribution in [2.75, 3.05) is 13.2 Å². The molecule has 6 nitrogen and oxygen atoms in total. The third-order valence-corrected chi connectivity index (χ3v) is 4.64. The Hall–Kier alpha value is -1.96. The number of rotatable bonds is 7. The molecule has 0 heterocycles. The van der Waals surface area contributed by atoms with E-state index in [4.69, 9.17) is 32.7 Å². The summed E-state index contributed by atoms with van der Waals surface area (Å²) >= 11 is 15.1. The van der Waals surface area contributed by atoms with Gasteiger partial charge in [0.1, 0.15) is 5.75 Å². The molecule has 0 aromatic heterocycles. The van der Waals surface area contributed by atoms with Gasteiger partial charge in [-0.15, -0.1) is 0 Å². The third-order valence-electron chi connectivity index (χ3n) is 3.55. The average molecular weight is 490 g/mol. The zero-order chi connectivity index (χ0) is 20.7. The predicted molar refractivity (Wildman–Crippen MR) is 112 cm³/mol. The lowest BCUT2D eigenvalue weighted by atomic mass is 10.0. The highest BCUT2D eigenvalue weighted by atomic mass is 79.9. The van der Waals surface area contributed by atoms with Gasteiger partial charge >= 0.3 is 0 Å². The van der Waals surface area contributed by atoms with Crippen LogP contribution in [0.1, 0.15) is 25.3 Å². The second kappa shape index (κ2) is 10.5. The number of hydrazine groups is 1. The highest BCUT2D eigenvalue weighted by molar-refractivity contribution is 9.10. The van der Waals surface area contributed by atoms with Crippen molar-refractivity contribution in [3.63, 3.8) is 0 Å². The minimum Gasteiger partial charge on any atom is -0.483 e. The molecule has 0 fully saturated rings. The van der Waals surface area contributed by atoms with Gasteiger partial charge < -0.3 is 9.47 Å². The molecule has 150 valence electrons. The van der Waals surface area contributed by atoms with Gasteiger partial charge in [-0.3, -0.25) is 20.4 Å². The lowest BCUT2D eigenvalue weighted by molar-refractivity contribution is -0.131. The number of ether oxygens (including phenoxy) is 2. The fraction of sp³-hybridized carbons (Fsp3) is 0.263. The smallest absolute Gasteiger partial charge is 0.276 e. The minimum absolute atomic E-state index is 0.237.